The molecule has 1 aromatic rings. The third-order valence-electron chi connectivity index (χ3n) is 2.95. The highest BCUT2D eigenvalue weighted by Crippen LogP contribution is 2.40. The number of hydrogen-bond acceptors (Lipinski definition) is 6. The molecule has 0 atom stereocenters. The predicted molar refractivity (Wildman–Crippen MR) is 94.0 cm³/mol. The van der Waals surface area contributed by atoms with Crippen molar-refractivity contribution in [2.45, 2.75) is 26.3 Å². The molecule has 0 spiro atoms. The Morgan fingerprint density at radius 1 is 1.27 bits per heavy atom. The normalized spacial score (nSPS) is 12.8. The van der Waals surface area contributed by atoms with Crippen molar-refractivity contribution in [3.05, 3.63) is 28.8 Å². The van der Waals surface area contributed by atoms with E-state index < -0.39 is 30.1 Å². The van der Waals surface area contributed by atoms with Gasteiger partial charge >= 0.3 is 12.0 Å². The summed E-state index contributed by atoms with van der Waals surface area (Å²) in [4.78, 5) is 34.8. The Hall–Kier alpha value is -2.74. The summed E-state index contributed by atoms with van der Waals surface area (Å²) in [6, 6.07) is 2.59. The molecule has 8 nitrogen and oxygen atoms in total. The molecule has 1 aromatic carbocycles. The Labute approximate surface area is 155 Å². The van der Waals surface area contributed by atoms with E-state index >= 15 is 0 Å². The fourth-order valence-electron chi connectivity index (χ4n) is 1.97. The maximum Gasteiger partial charge on any atom is 0.331 e. The number of ether oxygens (including phenoxy) is 3. The Bertz CT molecular complexity index is 754. The summed E-state index contributed by atoms with van der Waals surface area (Å²) >= 11 is 6.04. The first-order valence-electron chi connectivity index (χ1n) is 7.70. The van der Waals surface area contributed by atoms with Crippen LogP contribution >= 0.6 is 11.6 Å². The second-order valence-corrected chi connectivity index (χ2v) is 6.84. The Morgan fingerprint density at radius 3 is 2.69 bits per heavy atom. The van der Waals surface area contributed by atoms with Crippen LogP contribution in [0.3, 0.4) is 0 Å². The second-order valence-electron chi connectivity index (χ2n) is 6.43. The number of halogens is 1. The molecule has 0 aromatic heterocycles. The van der Waals surface area contributed by atoms with Crippen molar-refractivity contribution in [1.29, 1.82) is 0 Å². The summed E-state index contributed by atoms with van der Waals surface area (Å²) in [5.74, 6) is -0.545. The van der Waals surface area contributed by atoms with Crippen molar-refractivity contribution in [3.8, 4) is 11.5 Å². The lowest BCUT2D eigenvalue weighted by molar-refractivity contribution is -0.143. The molecule has 0 saturated heterocycles. The van der Waals surface area contributed by atoms with Crippen LogP contribution in [0.4, 0.5) is 4.79 Å². The number of carbonyl (C=O) groups excluding carboxylic acids is 3. The van der Waals surface area contributed by atoms with Gasteiger partial charge in [-0.3, -0.25) is 10.1 Å². The van der Waals surface area contributed by atoms with E-state index in [-0.39, 0.29) is 6.79 Å². The molecule has 0 radical (unpaired) electrons. The van der Waals surface area contributed by atoms with E-state index in [0.717, 1.165) is 6.08 Å². The summed E-state index contributed by atoms with van der Waals surface area (Å²) in [6.45, 7) is 4.81. The molecule has 0 unspecified atom stereocenters. The highest BCUT2D eigenvalue weighted by molar-refractivity contribution is 6.32. The van der Waals surface area contributed by atoms with Gasteiger partial charge in [0.15, 0.2) is 18.1 Å². The molecule has 140 valence electrons. The van der Waals surface area contributed by atoms with E-state index in [2.05, 4.69) is 10.6 Å². The highest BCUT2D eigenvalue weighted by Gasteiger charge is 2.18. The summed E-state index contributed by atoms with van der Waals surface area (Å²) in [5, 5.41) is 4.97. The van der Waals surface area contributed by atoms with Gasteiger partial charge in [0.1, 0.15) is 0 Å². The zero-order chi connectivity index (χ0) is 19.3. The molecule has 26 heavy (non-hydrogen) atoms. The lowest BCUT2D eigenvalue weighted by atomic mass is 10.1. The van der Waals surface area contributed by atoms with E-state index in [1.807, 2.05) is 0 Å². The van der Waals surface area contributed by atoms with Crippen molar-refractivity contribution in [1.82, 2.24) is 10.6 Å². The van der Waals surface area contributed by atoms with Crippen LogP contribution in [-0.4, -0.2) is 36.8 Å². The minimum Gasteiger partial charge on any atom is -0.454 e. The lowest BCUT2D eigenvalue weighted by Crippen LogP contribution is -2.49. The number of carbonyl (C=O) groups is 3. The Kier molecular flexibility index (Phi) is 6.10. The first kappa shape index (κ1) is 19.6. The number of esters is 1. The van der Waals surface area contributed by atoms with Crippen LogP contribution in [0.5, 0.6) is 11.5 Å². The van der Waals surface area contributed by atoms with Gasteiger partial charge in [-0.05, 0) is 44.5 Å². The number of hydrogen-bond donors (Lipinski definition) is 2. The van der Waals surface area contributed by atoms with Crippen LogP contribution in [0.15, 0.2) is 18.2 Å². The molecular formula is C17H19ClN2O6. The minimum absolute atomic E-state index is 0.0855. The van der Waals surface area contributed by atoms with E-state index in [1.54, 1.807) is 32.9 Å². The van der Waals surface area contributed by atoms with Crippen molar-refractivity contribution in [2.24, 2.45) is 0 Å². The van der Waals surface area contributed by atoms with E-state index in [4.69, 9.17) is 25.8 Å². The summed E-state index contributed by atoms with van der Waals surface area (Å²) in [5.41, 5.74) is 0.112. The monoisotopic (exact) mass is 382 g/mol. The zero-order valence-electron chi connectivity index (χ0n) is 14.6. The average Bonchev–Trinajstić information content (AvgIpc) is 2.98. The predicted octanol–water partition coefficient (Wildman–Crippen LogP) is 2.25. The van der Waals surface area contributed by atoms with E-state index in [0.29, 0.717) is 22.1 Å². The molecule has 9 heteroatoms. The number of fused-ring (bicyclic) bond motifs is 1. The fourth-order valence-corrected chi connectivity index (χ4v) is 2.24. The van der Waals surface area contributed by atoms with Crippen molar-refractivity contribution in [2.75, 3.05) is 13.4 Å². The zero-order valence-corrected chi connectivity index (χ0v) is 15.3. The third-order valence-corrected chi connectivity index (χ3v) is 3.23. The van der Waals surface area contributed by atoms with Gasteiger partial charge in [-0.2, -0.15) is 0 Å². The van der Waals surface area contributed by atoms with E-state index in [9.17, 15) is 14.4 Å². The SMILES string of the molecule is CC(C)(C)NC(=O)NC(=O)COC(=O)/C=C/c1cc(Cl)c2c(c1)OCO2. The molecule has 0 fully saturated rings. The largest absolute Gasteiger partial charge is 0.454 e. The van der Waals surface area contributed by atoms with Gasteiger partial charge in [0, 0.05) is 11.6 Å². The smallest absolute Gasteiger partial charge is 0.331 e. The number of nitrogens with one attached hydrogen (secondary N) is 2. The molecule has 3 amide bonds. The van der Waals surface area contributed by atoms with Crippen molar-refractivity contribution in [3.63, 3.8) is 0 Å². The van der Waals surface area contributed by atoms with E-state index in [1.165, 1.54) is 6.08 Å². The number of amides is 3. The molecule has 0 bridgehead atoms. The molecule has 2 rings (SSSR count). The number of rotatable bonds is 4. The molecule has 1 aliphatic heterocycles. The molecule has 2 N–H and O–H groups in total. The minimum atomic E-state index is -0.745. The maximum atomic E-state index is 11.7. The van der Waals surface area contributed by atoms with Gasteiger partial charge in [0.05, 0.1) is 5.02 Å². The maximum absolute atomic E-state index is 11.7. The highest BCUT2D eigenvalue weighted by atomic mass is 35.5. The van der Waals surface area contributed by atoms with Gasteiger partial charge in [-0.1, -0.05) is 11.6 Å². The van der Waals surface area contributed by atoms with Crippen LogP contribution in [0, 0.1) is 0 Å². The molecule has 1 heterocycles. The van der Waals surface area contributed by atoms with Gasteiger partial charge in [-0.15, -0.1) is 0 Å². The van der Waals surface area contributed by atoms with Crippen LogP contribution in [-0.2, 0) is 14.3 Å². The first-order chi connectivity index (χ1) is 12.1. The van der Waals surface area contributed by atoms with Crippen molar-refractivity contribution < 1.29 is 28.6 Å². The Morgan fingerprint density at radius 2 is 2.00 bits per heavy atom. The standard InChI is InChI=1S/C17H19ClN2O6/c1-17(2,3)20-16(23)19-13(21)8-24-14(22)5-4-10-6-11(18)15-12(7-10)25-9-26-15/h4-7H,8-9H2,1-3H3,(H2,19,20,21,23)/b5-4+. The molecule has 1 aliphatic rings. The van der Waals surface area contributed by atoms with Crippen molar-refractivity contribution >= 4 is 35.6 Å². The van der Waals surface area contributed by atoms with Gasteiger partial charge in [-0.25, -0.2) is 9.59 Å². The number of benzene rings is 1. The summed E-state index contributed by atoms with van der Waals surface area (Å²) in [6.07, 6.45) is 2.59. The average molecular weight is 383 g/mol. The second kappa shape index (κ2) is 8.09. The molecule has 0 saturated carbocycles. The quantitative estimate of drug-likeness (QED) is 0.611. The fraction of sp³-hybridized carbons (Fsp3) is 0.353. The summed E-state index contributed by atoms with van der Waals surface area (Å²) in [7, 11) is 0. The summed E-state index contributed by atoms with van der Waals surface area (Å²) < 4.78 is 15.2. The number of imide groups is 1. The molecule has 0 aliphatic carbocycles. The first-order valence-corrected chi connectivity index (χ1v) is 8.08. The Balaban J connectivity index is 1.82. The molecular weight excluding hydrogens is 364 g/mol. The lowest BCUT2D eigenvalue weighted by Gasteiger charge is -2.20. The number of urea groups is 1. The third kappa shape index (κ3) is 5.96. The van der Waals surface area contributed by atoms with Crippen LogP contribution in [0.2, 0.25) is 5.02 Å². The van der Waals surface area contributed by atoms with Gasteiger partial charge < -0.3 is 19.5 Å². The van der Waals surface area contributed by atoms with Gasteiger partial charge in [0.2, 0.25) is 6.79 Å². The van der Waals surface area contributed by atoms with Crippen LogP contribution < -0.4 is 20.1 Å². The van der Waals surface area contributed by atoms with Crippen LogP contribution in [0.25, 0.3) is 6.08 Å². The topological polar surface area (TPSA) is 103 Å². The van der Waals surface area contributed by atoms with Crippen LogP contribution in [0.1, 0.15) is 26.3 Å². The van der Waals surface area contributed by atoms with Gasteiger partial charge in [0.25, 0.3) is 5.91 Å².